The monoisotopic (exact) mass is 258 g/mol. The third kappa shape index (κ3) is 4.18. The van der Waals surface area contributed by atoms with E-state index in [0.717, 1.165) is 0 Å². The van der Waals surface area contributed by atoms with Crippen molar-refractivity contribution in [2.24, 2.45) is 0 Å². The minimum atomic E-state index is -0.542. The number of aliphatic hydroxyl groups excluding tert-OH is 1. The van der Waals surface area contributed by atoms with Crippen molar-refractivity contribution in [1.82, 2.24) is 10.2 Å². The molecular formula is C12H22N2O4. The highest BCUT2D eigenvalue weighted by atomic mass is 16.6. The van der Waals surface area contributed by atoms with Crippen LogP contribution < -0.4 is 5.32 Å². The van der Waals surface area contributed by atoms with Crippen molar-refractivity contribution in [3.8, 4) is 0 Å². The summed E-state index contributed by atoms with van der Waals surface area (Å²) < 4.78 is 5.15. The minimum absolute atomic E-state index is 0.0912. The maximum absolute atomic E-state index is 11.6. The van der Waals surface area contributed by atoms with Crippen LogP contribution >= 0.6 is 0 Å². The maximum atomic E-state index is 11.6. The Morgan fingerprint density at radius 3 is 2.44 bits per heavy atom. The van der Waals surface area contributed by atoms with Gasteiger partial charge in [-0.2, -0.15) is 0 Å². The molecule has 1 fully saturated rings. The summed E-state index contributed by atoms with van der Waals surface area (Å²) in [6.45, 7) is 7.16. The van der Waals surface area contributed by atoms with Crippen LogP contribution in [-0.2, 0) is 9.53 Å². The molecule has 0 radical (unpaired) electrons. The summed E-state index contributed by atoms with van der Waals surface area (Å²) in [5.41, 5.74) is -0.542. The number of carbonyl (C=O) groups excluding carboxylic acids is 2. The number of alkyl carbamates (subject to hydrolysis) is 1. The average Bonchev–Trinajstić information content (AvgIpc) is 2.57. The quantitative estimate of drug-likeness (QED) is 0.755. The smallest absolute Gasteiger partial charge is 0.407 e. The fraction of sp³-hybridized carbons (Fsp3) is 0.833. The topological polar surface area (TPSA) is 78.9 Å². The number of amides is 2. The molecule has 2 N–H and O–H groups in total. The van der Waals surface area contributed by atoms with E-state index in [1.807, 2.05) is 0 Å². The van der Waals surface area contributed by atoms with Gasteiger partial charge in [0.25, 0.3) is 0 Å². The zero-order valence-electron chi connectivity index (χ0n) is 11.4. The van der Waals surface area contributed by atoms with E-state index >= 15 is 0 Å². The third-order valence-corrected chi connectivity index (χ3v) is 2.75. The first-order valence-corrected chi connectivity index (χ1v) is 6.10. The zero-order valence-corrected chi connectivity index (χ0v) is 11.4. The molecule has 2 atom stereocenters. The van der Waals surface area contributed by atoms with Crippen molar-refractivity contribution in [3.05, 3.63) is 0 Å². The number of hydrogen-bond donors (Lipinski definition) is 2. The lowest BCUT2D eigenvalue weighted by atomic mass is 10.2. The van der Waals surface area contributed by atoms with E-state index in [-0.39, 0.29) is 24.6 Å². The van der Waals surface area contributed by atoms with Gasteiger partial charge in [0.2, 0.25) is 5.91 Å². The van der Waals surface area contributed by atoms with Gasteiger partial charge in [0.1, 0.15) is 5.60 Å². The van der Waals surface area contributed by atoms with Crippen LogP contribution in [0.1, 0.15) is 34.1 Å². The van der Waals surface area contributed by atoms with Crippen LogP contribution in [-0.4, -0.2) is 52.8 Å². The highest BCUT2D eigenvalue weighted by Gasteiger charge is 2.34. The Morgan fingerprint density at radius 2 is 2.06 bits per heavy atom. The lowest BCUT2D eigenvalue weighted by Crippen LogP contribution is -2.41. The molecule has 0 aromatic heterocycles. The molecule has 0 aromatic carbocycles. The first kappa shape index (κ1) is 14.8. The third-order valence-electron chi connectivity index (χ3n) is 2.75. The SMILES string of the molecule is CC(=O)N1C[C@@H](NC(=O)OC(C)(C)C)C[C@H]1CO. The molecule has 1 saturated heterocycles. The summed E-state index contributed by atoms with van der Waals surface area (Å²) in [5.74, 6) is -0.0949. The summed E-state index contributed by atoms with van der Waals surface area (Å²) in [6, 6.07) is -0.386. The number of nitrogens with zero attached hydrogens (tertiary/aromatic N) is 1. The second-order valence-electron chi connectivity index (χ2n) is 5.59. The van der Waals surface area contributed by atoms with Gasteiger partial charge in [-0.1, -0.05) is 0 Å². The first-order chi connectivity index (χ1) is 8.23. The number of likely N-dealkylation sites (tertiary alicyclic amines) is 1. The Bertz CT molecular complexity index is 325. The summed E-state index contributed by atoms with van der Waals surface area (Å²) in [4.78, 5) is 24.5. The normalized spacial score (nSPS) is 23.9. The first-order valence-electron chi connectivity index (χ1n) is 6.10. The van der Waals surface area contributed by atoms with E-state index in [0.29, 0.717) is 13.0 Å². The molecule has 0 saturated carbocycles. The summed E-state index contributed by atoms with van der Waals surface area (Å²) >= 11 is 0. The van der Waals surface area contributed by atoms with Crippen molar-refractivity contribution in [2.75, 3.05) is 13.2 Å². The fourth-order valence-electron chi connectivity index (χ4n) is 2.05. The molecule has 0 spiro atoms. The van der Waals surface area contributed by atoms with Crippen molar-refractivity contribution >= 4 is 12.0 Å². The Hall–Kier alpha value is -1.30. The van der Waals surface area contributed by atoms with Gasteiger partial charge in [0.05, 0.1) is 18.7 Å². The molecular weight excluding hydrogens is 236 g/mol. The van der Waals surface area contributed by atoms with Crippen molar-refractivity contribution < 1.29 is 19.4 Å². The van der Waals surface area contributed by atoms with Crippen LogP contribution in [0.4, 0.5) is 4.79 Å². The van der Waals surface area contributed by atoms with Gasteiger partial charge in [-0.3, -0.25) is 4.79 Å². The van der Waals surface area contributed by atoms with Crippen molar-refractivity contribution in [3.63, 3.8) is 0 Å². The van der Waals surface area contributed by atoms with Gasteiger partial charge < -0.3 is 20.1 Å². The molecule has 1 rings (SSSR count). The number of nitrogens with one attached hydrogen (secondary N) is 1. The predicted octanol–water partition coefficient (Wildman–Crippen LogP) is 0.493. The molecule has 1 aliphatic heterocycles. The summed E-state index contributed by atoms with van der Waals surface area (Å²) in [5, 5.41) is 11.9. The van der Waals surface area contributed by atoms with Crippen LogP contribution in [0.25, 0.3) is 0 Å². The van der Waals surface area contributed by atoms with Crippen molar-refractivity contribution in [2.45, 2.75) is 51.8 Å². The van der Waals surface area contributed by atoms with E-state index in [1.165, 1.54) is 6.92 Å². The van der Waals surface area contributed by atoms with Crippen LogP contribution in [0.5, 0.6) is 0 Å². The lowest BCUT2D eigenvalue weighted by Gasteiger charge is -2.22. The zero-order chi connectivity index (χ0) is 13.9. The Labute approximate surface area is 107 Å². The molecule has 1 heterocycles. The molecule has 6 heteroatoms. The second-order valence-corrected chi connectivity index (χ2v) is 5.59. The molecule has 6 nitrogen and oxygen atoms in total. The lowest BCUT2D eigenvalue weighted by molar-refractivity contribution is -0.130. The Morgan fingerprint density at radius 1 is 1.44 bits per heavy atom. The number of ether oxygens (including phenoxy) is 1. The Balaban J connectivity index is 2.50. The predicted molar refractivity (Wildman–Crippen MR) is 66.0 cm³/mol. The number of hydrogen-bond acceptors (Lipinski definition) is 4. The van der Waals surface area contributed by atoms with E-state index in [9.17, 15) is 14.7 Å². The van der Waals surface area contributed by atoms with Crippen LogP contribution in [0.15, 0.2) is 0 Å². The van der Waals surface area contributed by atoms with Crippen LogP contribution in [0, 0.1) is 0 Å². The Kier molecular flexibility index (Phi) is 4.56. The van der Waals surface area contributed by atoms with Crippen LogP contribution in [0.2, 0.25) is 0 Å². The molecule has 1 aliphatic rings. The van der Waals surface area contributed by atoms with E-state index in [2.05, 4.69) is 5.32 Å². The molecule has 0 bridgehead atoms. The average molecular weight is 258 g/mol. The van der Waals surface area contributed by atoms with E-state index in [4.69, 9.17) is 4.74 Å². The molecule has 2 amide bonds. The summed E-state index contributed by atoms with van der Waals surface area (Å²) in [6.07, 6.45) is 0.0598. The second kappa shape index (κ2) is 5.56. The number of aliphatic hydroxyl groups is 1. The van der Waals surface area contributed by atoms with E-state index < -0.39 is 11.7 Å². The highest BCUT2D eigenvalue weighted by molar-refractivity contribution is 5.74. The van der Waals surface area contributed by atoms with E-state index in [1.54, 1.807) is 25.7 Å². The number of carbonyl (C=O) groups is 2. The fourth-order valence-corrected chi connectivity index (χ4v) is 2.05. The van der Waals surface area contributed by atoms with Gasteiger partial charge in [0, 0.05) is 13.5 Å². The van der Waals surface area contributed by atoms with Crippen molar-refractivity contribution in [1.29, 1.82) is 0 Å². The maximum Gasteiger partial charge on any atom is 0.407 e. The largest absolute Gasteiger partial charge is 0.444 e. The molecule has 0 unspecified atom stereocenters. The van der Waals surface area contributed by atoms with Gasteiger partial charge in [-0.25, -0.2) is 4.79 Å². The van der Waals surface area contributed by atoms with Crippen LogP contribution in [0.3, 0.4) is 0 Å². The molecule has 18 heavy (non-hydrogen) atoms. The van der Waals surface area contributed by atoms with Gasteiger partial charge in [-0.15, -0.1) is 0 Å². The van der Waals surface area contributed by atoms with Gasteiger partial charge in [0.15, 0.2) is 0 Å². The molecule has 0 aromatic rings. The number of rotatable bonds is 2. The van der Waals surface area contributed by atoms with Gasteiger partial charge in [-0.05, 0) is 27.2 Å². The summed E-state index contributed by atoms with van der Waals surface area (Å²) in [7, 11) is 0. The molecule has 104 valence electrons. The highest BCUT2D eigenvalue weighted by Crippen LogP contribution is 2.18. The minimum Gasteiger partial charge on any atom is -0.444 e. The molecule has 0 aliphatic carbocycles. The van der Waals surface area contributed by atoms with Gasteiger partial charge >= 0.3 is 6.09 Å². The standard InChI is InChI=1S/C12H22N2O4/c1-8(16)14-6-9(5-10(14)7-15)13-11(17)18-12(2,3)4/h9-10,15H,5-7H2,1-4H3,(H,13,17)/t9-,10-/m0/s1.